The Morgan fingerprint density at radius 1 is 1.08 bits per heavy atom. The van der Waals surface area contributed by atoms with E-state index in [9.17, 15) is 9.59 Å². The molecule has 2 rings (SSSR count). The first-order valence-electron chi connectivity index (χ1n) is 7.36. The van der Waals surface area contributed by atoms with E-state index in [-0.39, 0.29) is 24.8 Å². The first-order valence-corrected chi connectivity index (χ1v) is 8.12. The molecule has 0 N–H and O–H groups in total. The van der Waals surface area contributed by atoms with Crippen LogP contribution in [0.15, 0.2) is 48.5 Å². The van der Waals surface area contributed by atoms with E-state index in [2.05, 4.69) is 4.74 Å². The number of rotatable bonds is 6. The second-order valence-corrected chi connectivity index (χ2v) is 6.00. The number of amides is 1. The lowest BCUT2D eigenvalue weighted by Gasteiger charge is -2.23. The topological polar surface area (TPSA) is 46.6 Å². The summed E-state index contributed by atoms with van der Waals surface area (Å²) in [5.74, 6) is -0.598. The Bertz CT molecular complexity index is 734. The number of carbonyl (C=O) groups excluding carboxylic acids is 2. The van der Waals surface area contributed by atoms with E-state index in [1.54, 1.807) is 35.2 Å². The van der Waals surface area contributed by atoms with E-state index >= 15 is 0 Å². The summed E-state index contributed by atoms with van der Waals surface area (Å²) >= 11 is 12.1. The second-order valence-electron chi connectivity index (χ2n) is 5.15. The van der Waals surface area contributed by atoms with Gasteiger partial charge in [0.15, 0.2) is 0 Å². The summed E-state index contributed by atoms with van der Waals surface area (Å²) in [6, 6.07) is 14.0. The maximum atomic E-state index is 12.8. The van der Waals surface area contributed by atoms with E-state index < -0.39 is 0 Å². The highest BCUT2D eigenvalue weighted by molar-refractivity contribution is 6.31. The molecule has 0 aliphatic rings. The van der Waals surface area contributed by atoms with Crippen molar-refractivity contribution in [3.63, 3.8) is 0 Å². The van der Waals surface area contributed by atoms with Crippen LogP contribution in [0.2, 0.25) is 10.0 Å². The lowest BCUT2D eigenvalue weighted by molar-refractivity contribution is -0.140. The zero-order valence-corrected chi connectivity index (χ0v) is 14.7. The maximum Gasteiger partial charge on any atom is 0.307 e. The monoisotopic (exact) mass is 365 g/mol. The largest absolute Gasteiger partial charge is 0.469 e. The van der Waals surface area contributed by atoms with Crippen LogP contribution in [-0.4, -0.2) is 30.4 Å². The van der Waals surface area contributed by atoms with Gasteiger partial charge in [0.2, 0.25) is 0 Å². The number of ether oxygens (including phenoxy) is 1. The van der Waals surface area contributed by atoms with Crippen LogP contribution in [0.4, 0.5) is 0 Å². The van der Waals surface area contributed by atoms with Gasteiger partial charge in [-0.3, -0.25) is 9.59 Å². The molecule has 0 aliphatic heterocycles. The van der Waals surface area contributed by atoms with Crippen molar-refractivity contribution in [3.8, 4) is 0 Å². The molecule has 24 heavy (non-hydrogen) atoms. The number of esters is 1. The molecule has 0 heterocycles. The molecule has 2 aromatic rings. The second kappa shape index (κ2) is 8.71. The van der Waals surface area contributed by atoms with Crippen LogP contribution in [0.1, 0.15) is 22.3 Å². The molecule has 0 atom stereocenters. The molecule has 0 spiro atoms. The number of carbonyl (C=O) groups is 2. The van der Waals surface area contributed by atoms with Gasteiger partial charge in [-0.25, -0.2) is 0 Å². The lowest BCUT2D eigenvalue weighted by Crippen LogP contribution is -2.33. The van der Waals surface area contributed by atoms with Crippen LogP contribution in [0.5, 0.6) is 0 Å². The summed E-state index contributed by atoms with van der Waals surface area (Å²) < 4.78 is 4.66. The summed E-state index contributed by atoms with van der Waals surface area (Å²) in [6.45, 7) is 0.519. The molecule has 0 aliphatic carbocycles. The van der Waals surface area contributed by atoms with Gasteiger partial charge < -0.3 is 9.64 Å². The molecule has 1 amide bonds. The zero-order valence-electron chi connectivity index (χ0n) is 13.2. The average molecular weight is 366 g/mol. The zero-order chi connectivity index (χ0) is 17.5. The minimum Gasteiger partial charge on any atom is -0.469 e. The number of benzene rings is 2. The molecule has 126 valence electrons. The van der Waals surface area contributed by atoms with Gasteiger partial charge in [-0.15, -0.1) is 0 Å². The van der Waals surface area contributed by atoms with E-state index in [0.29, 0.717) is 22.2 Å². The van der Waals surface area contributed by atoms with E-state index in [0.717, 1.165) is 5.56 Å². The van der Waals surface area contributed by atoms with Gasteiger partial charge >= 0.3 is 5.97 Å². The van der Waals surface area contributed by atoms with Gasteiger partial charge in [-0.05, 0) is 29.8 Å². The van der Waals surface area contributed by atoms with Crippen molar-refractivity contribution in [1.29, 1.82) is 0 Å². The molecule has 0 saturated carbocycles. The van der Waals surface area contributed by atoms with Crippen molar-refractivity contribution < 1.29 is 14.3 Å². The number of hydrogen-bond donors (Lipinski definition) is 0. The summed E-state index contributed by atoms with van der Waals surface area (Å²) in [5.41, 5.74) is 1.26. The van der Waals surface area contributed by atoms with Crippen LogP contribution in [0.25, 0.3) is 0 Å². The van der Waals surface area contributed by atoms with Crippen molar-refractivity contribution in [2.75, 3.05) is 13.7 Å². The highest BCUT2D eigenvalue weighted by Crippen LogP contribution is 2.20. The molecular weight excluding hydrogens is 349 g/mol. The van der Waals surface area contributed by atoms with E-state index in [1.807, 2.05) is 18.2 Å². The fourth-order valence-corrected chi connectivity index (χ4v) is 2.60. The minimum absolute atomic E-state index is 0.104. The molecule has 0 bridgehead atoms. The van der Waals surface area contributed by atoms with E-state index in [4.69, 9.17) is 23.2 Å². The molecular formula is C18H17Cl2NO3. The van der Waals surface area contributed by atoms with Crippen molar-refractivity contribution in [1.82, 2.24) is 4.90 Å². The summed E-state index contributed by atoms with van der Waals surface area (Å²) in [7, 11) is 1.32. The molecule has 0 unspecified atom stereocenters. The smallest absolute Gasteiger partial charge is 0.307 e. The normalized spacial score (nSPS) is 10.3. The third-order valence-electron chi connectivity index (χ3n) is 3.49. The van der Waals surface area contributed by atoms with Crippen molar-refractivity contribution >= 4 is 35.1 Å². The van der Waals surface area contributed by atoms with Crippen LogP contribution < -0.4 is 0 Å². The van der Waals surface area contributed by atoms with Gasteiger partial charge in [0.1, 0.15) is 0 Å². The molecule has 0 fully saturated rings. The van der Waals surface area contributed by atoms with Crippen molar-refractivity contribution in [2.24, 2.45) is 0 Å². The van der Waals surface area contributed by atoms with Crippen LogP contribution in [0, 0.1) is 0 Å². The quantitative estimate of drug-likeness (QED) is 0.720. The van der Waals surface area contributed by atoms with Gasteiger partial charge in [-0.1, -0.05) is 47.5 Å². The maximum absolute atomic E-state index is 12.8. The Kier molecular flexibility index (Phi) is 6.64. The van der Waals surface area contributed by atoms with Crippen molar-refractivity contribution in [3.05, 3.63) is 69.7 Å². The number of halogens is 2. The van der Waals surface area contributed by atoms with Crippen LogP contribution >= 0.6 is 23.2 Å². The van der Waals surface area contributed by atoms with Crippen LogP contribution in [0.3, 0.4) is 0 Å². The lowest BCUT2D eigenvalue weighted by atomic mass is 10.1. The molecule has 0 radical (unpaired) electrons. The van der Waals surface area contributed by atoms with Crippen LogP contribution in [-0.2, 0) is 16.1 Å². The minimum atomic E-state index is -0.377. The Hall–Kier alpha value is -2.04. The molecule has 0 saturated heterocycles. The molecule has 6 heteroatoms. The summed E-state index contributed by atoms with van der Waals surface area (Å²) in [5, 5.41) is 1.05. The van der Waals surface area contributed by atoms with Gasteiger partial charge in [0.25, 0.3) is 5.91 Å². The standard InChI is InChI=1S/C18H17Cl2NO3/c1-24-17(22)9-10-21(12-14-5-2-3-8-16(14)20)18(23)13-6-4-7-15(19)11-13/h2-8,11H,9-10,12H2,1H3. The molecule has 0 aromatic heterocycles. The molecule has 4 nitrogen and oxygen atoms in total. The van der Waals surface area contributed by atoms with Crippen molar-refractivity contribution in [2.45, 2.75) is 13.0 Å². The molecule has 2 aromatic carbocycles. The SMILES string of the molecule is COC(=O)CCN(Cc1ccccc1Cl)C(=O)c1cccc(Cl)c1. The predicted molar refractivity (Wildman–Crippen MR) is 94.3 cm³/mol. The highest BCUT2D eigenvalue weighted by atomic mass is 35.5. The fourth-order valence-electron chi connectivity index (χ4n) is 2.22. The predicted octanol–water partition coefficient (Wildman–Crippen LogP) is 4.20. The first-order chi connectivity index (χ1) is 11.5. The Morgan fingerprint density at radius 3 is 2.50 bits per heavy atom. The first kappa shape index (κ1) is 18.3. The summed E-state index contributed by atoms with van der Waals surface area (Å²) in [6.07, 6.45) is 0.104. The number of hydrogen-bond acceptors (Lipinski definition) is 3. The summed E-state index contributed by atoms with van der Waals surface area (Å²) in [4.78, 5) is 25.8. The number of methoxy groups -OCH3 is 1. The van der Waals surface area contributed by atoms with Gasteiger partial charge in [-0.2, -0.15) is 0 Å². The third-order valence-corrected chi connectivity index (χ3v) is 4.10. The Morgan fingerprint density at radius 2 is 1.83 bits per heavy atom. The average Bonchev–Trinajstić information content (AvgIpc) is 2.59. The number of nitrogens with zero attached hydrogens (tertiary/aromatic N) is 1. The Balaban J connectivity index is 2.23. The van der Waals surface area contributed by atoms with Gasteiger partial charge in [0, 0.05) is 28.7 Å². The fraction of sp³-hybridized carbons (Fsp3) is 0.222. The third kappa shape index (κ3) is 4.98. The Labute approximate surface area is 150 Å². The van der Waals surface area contributed by atoms with Gasteiger partial charge in [0.05, 0.1) is 13.5 Å². The van der Waals surface area contributed by atoms with E-state index in [1.165, 1.54) is 7.11 Å². The highest BCUT2D eigenvalue weighted by Gasteiger charge is 2.19.